The molecule has 1 atom stereocenters. The zero-order valence-electron chi connectivity index (χ0n) is 15.5. The molecule has 0 aromatic heterocycles. The van der Waals surface area contributed by atoms with Gasteiger partial charge in [-0.3, -0.25) is 4.79 Å². The number of anilines is 1. The molecule has 0 radical (unpaired) electrons. The van der Waals surface area contributed by atoms with Crippen LogP contribution in [0.4, 0.5) is 14.5 Å². The molecule has 0 fully saturated rings. The molecule has 0 aliphatic rings. The summed E-state index contributed by atoms with van der Waals surface area (Å²) in [7, 11) is -3.92. The van der Waals surface area contributed by atoms with Crippen LogP contribution >= 0.6 is 0 Å². The van der Waals surface area contributed by atoms with Crippen molar-refractivity contribution < 1.29 is 22.0 Å². The van der Waals surface area contributed by atoms with E-state index in [0.29, 0.717) is 5.56 Å². The van der Waals surface area contributed by atoms with Crippen molar-refractivity contribution in [2.75, 3.05) is 5.32 Å². The van der Waals surface area contributed by atoms with E-state index in [2.05, 4.69) is 10.0 Å². The maximum absolute atomic E-state index is 14.1. The number of benzene rings is 2. The highest BCUT2D eigenvalue weighted by molar-refractivity contribution is 7.89. The lowest BCUT2D eigenvalue weighted by Crippen LogP contribution is -2.36. The van der Waals surface area contributed by atoms with Crippen LogP contribution < -0.4 is 10.0 Å². The minimum Gasteiger partial charge on any atom is -0.322 e. The third-order valence-corrected chi connectivity index (χ3v) is 5.82. The van der Waals surface area contributed by atoms with Gasteiger partial charge in [0.25, 0.3) is 5.91 Å². The van der Waals surface area contributed by atoms with Crippen LogP contribution in [0.3, 0.4) is 0 Å². The highest BCUT2D eigenvalue weighted by Crippen LogP contribution is 2.19. The number of carbonyl (C=O) groups is 1. The summed E-state index contributed by atoms with van der Waals surface area (Å²) in [6.07, 6.45) is 0. The van der Waals surface area contributed by atoms with Gasteiger partial charge in [0.2, 0.25) is 10.0 Å². The molecule has 0 saturated carbocycles. The van der Waals surface area contributed by atoms with E-state index in [1.54, 1.807) is 13.8 Å². The first kappa shape index (κ1) is 21.0. The second-order valence-electron chi connectivity index (χ2n) is 6.71. The molecule has 27 heavy (non-hydrogen) atoms. The minimum atomic E-state index is -3.92. The van der Waals surface area contributed by atoms with Gasteiger partial charge in [-0.2, -0.15) is 0 Å². The Morgan fingerprint density at radius 1 is 1.00 bits per heavy atom. The summed E-state index contributed by atoms with van der Waals surface area (Å²) < 4.78 is 55.1. The van der Waals surface area contributed by atoms with E-state index in [1.165, 1.54) is 12.1 Å². The molecule has 146 valence electrons. The van der Waals surface area contributed by atoms with E-state index in [4.69, 9.17) is 0 Å². The Bertz CT molecular complexity index is 959. The SMILES string of the molecule is Cc1ccc(NC(=O)c2cc(S(=O)(=O)N[C@H](C)C(C)C)ccc2F)cc1F. The standard InChI is InChI=1S/C19H22F2N2O3S/c1-11(2)13(4)23-27(25,26)15-7-8-17(20)16(10-15)19(24)22-14-6-5-12(3)18(21)9-14/h5-11,13,23H,1-4H3,(H,22,24)/t13-/m1/s1. The van der Waals surface area contributed by atoms with Crippen molar-refractivity contribution >= 4 is 21.6 Å². The Balaban J connectivity index is 2.31. The molecule has 8 heteroatoms. The van der Waals surface area contributed by atoms with Gasteiger partial charge in [-0.25, -0.2) is 21.9 Å². The molecule has 2 aromatic carbocycles. The fourth-order valence-corrected chi connectivity index (χ4v) is 3.58. The Morgan fingerprint density at radius 2 is 1.67 bits per heavy atom. The molecule has 0 aliphatic carbocycles. The summed E-state index contributed by atoms with van der Waals surface area (Å²) in [4.78, 5) is 12.1. The molecule has 0 saturated heterocycles. The predicted molar refractivity (Wildman–Crippen MR) is 100 cm³/mol. The van der Waals surface area contributed by atoms with E-state index in [0.717, 1.165) is 24.3 Å². The zero-order valence-corrected chi connectivity index (χ0v) is 16.3. The van der Waals surface area contributed by atoms with Gasteiger partial charge < -0.3 is 5.32 Å². The number of amides is 1. The van der Waals surface area contributed by atoms with Gasteiger partial charge >= 0.3 is 0 Å². The number of sulfonamides is 1. The number of hydrogen-bond acceptors (Lipinski definition) is 3. The summed E-state index contributed by atoms with van der Waals surface area (Å²) in [5.41, 5.74) is 0.0935. The highest BCUT2D eigenvalue weighted by atomic mass is 32.2. The molecule has 2 N–H and O–H groups in total. The van der Waals surface area contributed by atoms with Gasteiger partial charge in [0.1, 0.15) is 11.6 Å². The van der Waals surface area contributed by atoms with Gasteiger partial charge in [-0.05, 0) is 55.7 Å². The molecule has 0 unspecified atom stereocenters. The molecule has 2 aromatic rings. The molecular weight excluding hydrogens is 374 g/mol. The Labute approximate surface area is 157 Å². The quantitative estimate of drug-likeness (QED) is 0.779. The number of hydrogen-bond donors (Lipinski definition) is 2. The van der Waals surface area contributed by atoms with Crippen LogP contribution in [0, 0.1) is 24.5 Å². The highest BCUT2D eigenvalue weighted by Gasteiger charge is 2.22. The van der Waals surface area contributed by atoms with Crippen LogP contribution in [-0.4, -0.2) is 20.4 Å². The van der Waals surface area contributed by atoms with Crippen LogP contribution in [-0.2, 0) is 10.0 Å². The summed E-state index contributed by atoms with van der Waals surface area (Å²) in [5.74, 6) is -2.21. The lowest BCUT2D eigenvalue weighted by molar-refractivity contribution is 0.102. The van der Waals surface area contributed by atoms with Crippen molar-refractivity contribution in [3.05, 3.63) is 59.2 Å². The van der Waals surface area contributed by atoms with Gasteiger partial charge in [0.15, 0.2) is 0 Å². The molecular formula is C19H22F2N2O3S. The monoisotopic (exact) mass is 396 g/mol. The van der Waals surface area contributed by atoms with Crippen molar-refractivity contribution in [1.29, 1.82) is 0 Å². The molecule has 0 heterocycles. The number of carbonyl (C=O) groups excluding carboxylic acids is 1. The van der Waals surface area contributed by atoms with Crippen LogP contribution in [0.25, 0.3) is 0 Å². The van der Waals surface area contributed by atoms with Gasteiger partial charge in [-0.15, -0.1) is 0 Å². The van der Waals surface area contributed by atoms with Crippen LogP contribution in [0.2, 0.25) is 0 Å². The molecule has 0 aliphatic heterocycles. The third-order valence-electron chi connectivity index (χ3n) is 4.26. The molecule has 1 amide bonds. The van der Waals surface area contributed by atoms with E-state index in [-0.39, 0.29) is 22.5 Å². The predicted octanol–water partition coefficient (Wildman–Crippen LogP) is 3.85. The van der Waals surface area contributed by atoms with Gasteiger partial charge in [0.05, 0.1) is 10.5 Å². The normalized spacial score (nSPS) is 12.9. The maximum Gasteiger partial charge on any atom is 0.258 e. The van der Waals surface area contributed by atoms with Crippen LogP contribution in [0.15, 0.2) is 41.3 Å². The number of nitrogens with one attached hydrogen (secondary N) is 2. The lowest BCUT2D eigenvalue weighted by atomic mass is 10.1. The first-order valence-electron chi connectivity index (χ1n) is 8.40. The van der Waals surface area contributed by atoms with Crippen molar-refractivity contribution in [3.8, 4) is 0 Å². The van der Waals surface area contributed by atoms with Gasteiger partial charge in [-0.1, -0.05) is 19.9 Å². The minimum absolute atomic E-state index is 0.0550. The molecule has 2 rings (SSSR count). The fourth-order valence-electron chi connectivity index (χ4n) is 2.16. The van der Waals surface area contributed by atoms with Crippen molar-refractivity contribution in [3.63, 3.8) is 0 Å². The van der Waals surface area contributed by atoms with Crippen molar-refractivity contribution in [2.24, 2.45) is 5.92 Å². The average molecular weight is 396 g/mol. The first-order chi connectivity index (χ1) is 12.5. The van der Waals surface area contributed by atoms with Crippen LogP contribution in [0.5, 0.6) is 0 Å². The van der Waals surface area contributed by atoms with Crippen molar-refractivity contribution in [2.45, 2.75) is 38.6 Å². The number of rotatable bonds is 6. The number of aryl methyl sites for hydroxylation is 1. The summed E-state index contributed by atoms with van der Waals surface area (Å²) in [6, 6.07) is 6.68. The largest absolute Gasteiger partial charge is 0.322 e. The molecule has 0 spiro atoms. The second kappa shape index (κ2) is 8.14. The fraction of sp³-hybridized carbons (Fsp3) is 0.316. The first-order valence-corrected chi connectivity index (χ1v) is 9.89. The summed E-state index contributed by atoms with van der Waals surface area (Å²) >= 11 is 0. The summed E-state index contributed by atoms with van der Waals surface area (Å²) in [6.45, 7) is 7.00. The van der Waals surface area contributed by atoms with Crippen LogP contribution in [0.1, 0.15) is 36.7 Å². The Morgan fingerprint density at radius 3 is 2.26 bits per heavy atom. The molecule has 5 nitrogen and oxygen atoms in total. The smallest absolute Gasteiger partial charge is 0.258 e. The van der Waals surface area contributed by atoms with Crippen molar-refractivity contribution in [1.82, 2.24) is 4.72 Å². The van der Waals surface area contributed by atoms with Gasteiger partial charge in [0, 0.05) is 11.7 Å². The molecule has 0 bridgehead atoms. The van der Waals surface area contributed by atoms with E-state index < -0.39 is 33.1 Å². The number of halogens is 2. The third kappa shape index (κ3) is 5.11. The second-order valence-corrected chi connectivity index (χ2v) is 8.43. The van der Waals surface area contributed by atoms with E-state index >= 15 is 0 Å². The summed E-state index contributed by atoms with van der Waals surface area (Å²) in [5, 5.41) is 2.37. The zero-order chi connectivity index (χ0) is 20.4. The maximum atomic E-state index is 14.1. The van der Waals surface area contributed by atoms with E-state index in [1.807, 2.05) is 13.8 Å². The van der Waals surface area contributed by atoms with E-state index in [9.17, 15) is 22.0 Å². The lowest BCUT2D eigenvalue weighted by Gasteiger charge is -2.18. The topological polar surface area (TPSA) is 75.3 Å². The Hall–Kier alpha value is -2.32. The Kier molecular flexibility index (Phi) is 6.33. The average Bonchev–Trinajstić information content (AvgIpc) is 2.57.